The van der Waals surface area contributed by atoms with Gasteiger partial charge >= 0.3 is 12.1 Å². The monoisotopic (exact) mass is 853 g/mol. The van der Waals surface area contributed by atoms with Crippen LogP contribution in [0, 0.1) is 5.82 Å². The van der Waals surface area contributed by atoms with Gasteiger partial charge in [-0.3, -0.25) is 14.5 Å². The Balaban J connectivity index is 1.14. The standard InChI is InChI=1S/C44H48ClF4N5O6/c1-58-41-25(24-54(19-18-39(56)57)27-8-4-3-5-9-27)20-34(44(47,48)49)43(53-41)60-37-16-15-29-28(10-6-11-30(29)37)31-12-7-13-32(40(31)45)36-21-35(46)33(42(52-36)59-2)23-50-22-26-14-17-38(55)51-26/h6-7,10-13,20-21,26-27,37,50H,3-5,8-9,14-19,22-24H2,1-2H3,(H,51,55)(H,56,57)/t26-,37-/m0/s1. The maximum Gasteiger partial charge on any atom is 0.421 e. The summed E-state index contributed by atoms with van der Waals surface area (Å²) in [6.07, 6.45) is 0.954. The van der Waals surface area contributed by atoms with Crippen LogP contribution >= 0.6 is 11.6 Å². The number of methoxy groups -OCH3 is 2. The van der Waals surface area contributed by atoms with Gasteiger partial charge in [-0.1, -0.05) is 67.3 Å². The Morgan fingerprint density at radius 3 is 2.38 bits per heavy atom. The molecule has 1 saturated carbocycles. The molecular weight excluding hydrogens is 806 g/mol. The molecule has 7 rings (SSSR count). The van der Waals surface area contributed by atoms with E-state index < -0.39 is 35.5 Å². The highest BCUT2D eigenvalue weighted by atomic mass is 35.5. The van der Waals surface area contributed by atoms with Crippen LogP contribution in [0.5, 0.6) is 17.6 Å². The average molecular weight is 854 g/mol. The van der Waals surface area contributed by atoms with Gasteiger partial charge in [-0.25, -0.2) is 9.37 Å². The second kappa shape index (κ2) is 18.7. The lowest BCUT2D eigenvalue weighted by Crippen LogP contribution is -2.38. The fraction of sp³-hybridized carbons (Fsp3) is 0.455. The minimum atomic E-state index is -4.81. The zero-order chi connectivity index (χ0) is 42.6. The van der Waals surface area contributed by atoms with E-state index in [0.29, 0.717) is 53.9 Å². The van der Waals surface area contributed by atoms with Crippen molar-refractivity contribution in [1.29, 1.82) is 0 Å². The van der Waals surface area contributed by atoms with Gasteiger partial charge in [-0.2, -0.15) is 18.2 Å². The van der Waals surface area contributed by atoms with E-state index in [1.807, 2.05) is 23.1 Å². The predicted octanol–water partition coefficient (Wildman–Crippen LogP) is 8.68. The molecule has 2 fully saturated rings. The summed E-state index contributed by atoms with van der Waals surface area (Å²) < 4.78 is 77.2. The van der Waals surface area contributed by atoms with Crippen molar-refractivity contribution in [3.05, 3.63) is 87.2 Å². The lowest BCUT2D eigenvalue weighted by Gasteiger charge is -2.34. The highest BCUT2D eigenvalue weighted by Crippen LogP contribution is 2.46. The number of pyridine rings is 2. The molecule has 320 valence electrons. The normalized spacial score (nSPS) is 18.1. The maximum absolute atomic E-state index is 15.7. The number of nitrogens with zero attached hydrogens (tertiary/aromatic N) is 3. The number of fused-ring (bicyclic) bond motifs is 1. The number of alkyl halides is 3. The first-order valence-electron chi connectivity index (χ1n) is 20.3. The van der Waals surface area contributed by atoms with Crippen molar-refractivity contribution in [2.75, 3.05) is 27.3 Å². The van der Waals surface area contributed by atoms with Crippen molar-refractivity contribution in [2.45, 2.75) is 102 Å². The second-order valence-electron chi connectivity index (χ2n) is 15.5. The first kappa shape index (κ1) is 43.1. The zero-order valence-corrected chi connectivity index (χ0v) is 34.2. The smallest absolute Gasteiger partial charge is 0.421 e. The minimum absolute atomic E-state index is 0.00567. The number of nitrogens with one attached hydrogen (secondary N) is 2. The van der Waals surface area contributed by atoms with E-state index in [2.05, 4.69) is 20.6 Å². The highest BCUT2D eigenvalue weighted by molar-refractivity contribution is 6.36. The zero-order valence-electron chi connectivity index (χ0n) is 33.5. The molecule has 16 heteroatoms. The van der Waals surface area contributed by atoms with Gasteiger partial charge in [-0.15, -0.1) is 0 Å². The molecule has 0 bridgehead atoms. The van der Waals surface area contributed by atoms with E-state index in [1.54, 1.807) is 18.2 Å². The number of halogens is 5. The van der Waals surface area contributed by atoms with Crippen molar-refractivity contribution in [3.8, 4) is 40.0 Å². The molecule has 2 aliphatic carbocycles. The van der Waals surface area contributed by atoms with Crippen molar-refractivity contribution in [3.63, 3.8) is 0 Å². The summed E-state index contributed by atoms with van der Waals surface area (Å²) >= 11 is 7.08. The van der Waals surface area contributed by atoms with E-state index in [-0.39, 0.29) is 72.6 Å². The van der Waals surface area contributed by atoms with Crippen LogP contribution in [0.4, 0.5) is 17.6 Å². The molecule has 2 atom stereocenters. The SMILES string of the molecule is COc1nc(O[C@H]2CCc3c(-c4cccc(-c5cc(F)c(CNC[C@@H]6CCC(=O)N6)c(OC)n5)c4Cl)cccc32)c(C(F)(F)F)cc1CN(CCC(=O)O)C1CCCCC1. The van der Waals surface area contributed by atoms with Crippen molar-refractivity contribution in [2.24, 2.45) is 0 Å². The summed E-state index contributed by atoms with van der Waals surface area (Å²) in [5.74, 6) is -2.06. The molecule has 0 unspecified atom stereocenters. The number of amides is 1. The van der Waals surface area contributed by atoms with Gasteiger partial charge in [0.1, 0.15) is 17.5 Å². The third kappa shape index (κ3) is 9.63. The fourth-order valence-corrected chi connectivity index (χ4v) is 8.98. The number of carbonyl (C=O) groups excluding carboxylic acids is 1. The van der Waals surface area contributed by atoms with Crippen LogP contribution < -0.4 is 24.8 Å². The molecule has 3 N–H and O–H groups in total. The molecule has 1 aliphatic heterocycles. The topological polar surface area (TPSA) is 135 Å². The summed E-state index contributed by atoms with van der Waals surface area (Å²) in [6.45, 7) is 0.832. The molecule has 2 aromatic heterocycles. The van der Waals surface area contributed by atoms with Gasteiger partial charge in [0.15, 0.2) is 0 Å². The van der Waals surface area contributed by atoms with Crippen molar-refractivity contribution in [1.82, 2.24) is 25.5 Å². The van der Waals surface area contributed by atoms with E-state index in [0.717, 1.165) is 49.3 Å². The molecule has 3 aliphatic rings. The Kier molecular flexibility index (Phi) is 13.5. The number of rotatable bonds is 16. The molecule has 1 saturated heterocycles. The second-order valence-corrected chi connectivity index (χ2v) is 15.9. The van der Waals surface area contributed by atoms with Crippen LogP contribution in [0.3, 0.4) is 0 Å². The molecule has 11 nitrogen and oxygen atoms in total. The molecule has 60 heavy (non-hydrogen) atoms. The Hall–Kier alpha value is -4.99. The number of hydrogen-bond donors (Lipinski definition) is 3. The van der Waals surface area contributed by atoms with Crippen LogP contribution in [0.1, 0.15) is 91.7 Å². The predicted molar refractivity (Wildman–Crippen MR) is 217 cm³/mol. The molecule has 1 amide bonds. The van der Waals surface area contributed by atoms with E-state index in [4.69, 9.17) is 25.8 Å². The van der Waals surface area contributed by atoms with Crippen molar-refractivity contribution < 1.29 is 46.5 Å². The number of ether oxygens (including phenoxy) is 3. The number of aliphatic carboxylic acids is 1. The van der Waals surface area contributed by atoms with Crippen molar-refractivity contribution >= 4 is 23.5 Å². The molecule has 0 radical (unpaired) electrons. The first-order chi connectivity index (χ1) is 28.8. The van der Waals surface area contributed by atoms with Crippen LogP contribution in [0.25, 0.3) is 22.4 Å². The fourth-order valence-electron chi connectivity index (χ4n) is 8.65. The quantitative estimate of drug-likeness (QED) is 0.0941. The lowest BCUT2D eigenvalue weighted by molar-refractivity contribution is -0.140. The Labute approximate surface area is 350 Å². The Morgan fingerprint density at radius 2 is 1.68 bits per heavy atom. The number of hydrogen-bond acceptors (Lipinski definition) is 9. The summed E-state index contributed by atoms with van der Waals surface area (Å²) in [7, 11) is 2.75. The summed E-state index contributed by atoms with van der Waals surface area (Å²) in [4.78, 5) is 33.9. The van der Waals surface area contributed by atoms with Crippen LogP contribution in [0.15, 0.2) is 48.5 Å². The van der Waals surface area contributed by atoms with E-state index >= 15 is 4.39 Å². The highest BCUT2D eigenvalue weighted by Gasteiger charge is 2.39. The first-order valence-corrected chi connectivity index (χ1v) is 20.6. The van der Waals surface area contributed by atoms with Gasteiger partial charge < -0.3 is 30.0 Å². The molecular formula is C44H48ClF4N5O6. The Bertz CT molecular complexity index is 2220. The van der Waals surface area contributed by atoms with Gasteiger partial charge in [0.2, 0.25) is 23.5 Å². The molecule has 0 spiro atoms. The van der Waals surface area contributed by atoms with Crippen LogP contribution in [-0.4, -0.2) is 71.2 Å². The maximum atomic E-state index is 15.7. The van der Waals surface area contributed by atoms with Gasteiger partial charge in [-0.05, 0) is 54.9 Å². The third-order valence-corrected chi connectivity index (χ3v) is 12.0. The molecule has 2 aromatic carbocycles. The average Bonchev–Trinajstić information content (AvgIpc) is 3.85. The van der Waals surface area contributed by atoms with E-state index in [9.17, 15) is 27.9 Å². The van der Waals surface area contributed by atoms with Crippen LogP contribution in [0.2, 0.25) is 5.02 Å². The summed E-state index contributed by atoms with van der Waals surface area (Å²) in [5, 5.41) is 15.7. The number of benzene rings is 2. The van der Waals surface area contributed by atoms with Crippen LogP contribution in [-0.2, 0) is 35.3 Å². The third-order valence-electron chi connectivity index (χ3n) is 11.6. The van der Waals surface area contributed by atoms with Gasteiger partial charge in [0, 0.05) is 67.4 Å². The van der Waals surface area contributed by atoms with E-state index in [1.165, 1.54) is 20.3 Å². The number of carbonyl (C=O) groups is 2. The Morgan fingerprint density at radius 1 is 0.950 bits per heavy atom. The van der Waals surface area contributed by atoms with Gasteiger partial charge in [0.05, 0.1) is 36.9 Å². The molecule has 3 heterocycles. The summed E-state index contributed by atoms with van der Waals surface area (Å²) in [5.41, 5.74) is 3.01. The number of carboxylic acid groups (broad SMARTS) is 1. The number of carboxylic acids is 1. The number of aromatic nitrogens is 2. The lowest BCUT2D eigenvalue weighted by atomic mass is 9.93. The molecule has 4 aromatic rings. The van der Waals surface area contributed by atoms with Gasteiger partial charge in [0.25, 0.3) is 0 Å². The minimum Gasteiger partial charge on any atom is -0.481 e. The largest absolute Gasteiger partial charge is 0.481 e. The summed E-state index contributed by atoms with van der Waals surface area (Å²) in [6, 6.07) is 13.1.